The summed E-state index contributed by atoms with van der Waals surface area (Å²) in [6, 6.07) is 13.6. The first kappa shape index (κ1) is 20.1. The number of benzene rings is 2. The Bertz CT molecular complexity index is 1020. The fraction of sp³-hybridized carbons (Fsp3) is 0.348. The molecule has 2 aromatic carbocycles. The summed E-state index contributed by atoms with van der Waals surface area (Å²) < 4.78 is 10.8. The summed E-state index contributed by atoms with van der Waals surface area (Å²) in [5.41, 5.74) is 3.81. The molecule has 0 atom stereocenters. The van der Waals surface area contributed by atoms with Gasteiger partial charge in [0.2, 0.25) is 11.7 Å². The summed E-state index contributed by atoms with van der Waals surface area (Å²) in [6.07, 6.45) is 0. The van der Waals surface area contributed by atoms with E-state index in [1.165, 1.54) is 5.56 Å². The van der Waals surface area contributed by atoms with Crippen molar-refractivity contribution in [1.82, 2.24) is 19.9 Å². The normalized spacial score (nSPS) is 14.7. The van der Waals surface area contributed by atoms with Crippen molar-refractivity contribution in [3.8, 4) is 17.1 Å². The Labute approximate surface area is 176 Å². The number of rotatable bonds is 5. The average Bonchev–Trinajstić information content (AvgIpc) is 3.23. The first-order chi connectivity index (χ1) is 14.5. The van der Waals surface area contributed by atoms with Gasteiger partial charge in [-0.2, -0.15) is 4.98 Å². The summed E-state index contributed by atoms with van der Waals surface area (Å²) >= 11 is 0. The van der Waals surface area contributed by atoms with Crippen LogP contribution in [-0.2, 0) is 6.54 Å². The molecule has 4 rings (SSSR count). The van der Waals surface area contributed by atoms with Crippen molar-refractivity contribution >= 4 is 5.91 Å². The molecule has 0 N–H and O–H groups in total. The van der Waals surface area contributed by atoms with E-state index in [0.29, 0.717) is 36.9 Å². The fourth-order valence-corrected chi connectivity index (χ4v) is 3.57. The maximum atomic E-state index is 12.8. The molecule has 156 valence electrons. The molecule has 0 aliphatic carbocycles. The van der Waals surface area contributed by atoms with Crippen molar-refractivity contribution in [3.05, 3.63) is 65.0 Å². The topological polar surface area (TPSA) is 71.7 Å². The molecule has 1 fully saturated rings. The zero-order chi connectivity index (χ0) is 21.1. The minimum atomic E-state index is 0.0346. The van der Waals surface area contributed by atoms with Crippen molar-refractivity contribution in [2.24, 2.45) is 0 Å². The number of piperazine rings is 1. The second-order valence-corrected chi connectivity index (χ2v) is 7.63. The van der Waals surface area contributed by atoms with Crippen molar-refractivity contribution in [2.75, 3.05) is 33.3 Å². The van der Waals surface area contributed by atoms with Crippen molar-refractivity contribution in [1.29, 1.82) is 0 Å². The summed E-state index contributed by atoms with van der Waals surface area (Å²) in [7, 11) is 1.62. The van der Waals surface area contributed by atoms with Crippen LogP contribution in [0.2, 0.25) is 0 Å². The Kier molecular flexibility index (Phi) is 5.81. The Morgan fingerprint density at radius 3 is 2.50 bits per heavy atom. The van der Waals surface area contributed by atoms with Crippen LogP contribution in [0.15, 0.2) is 47.0 Å². The van der Waals surface area contributed by atoms with E-state index in [4.69, 9.17) is 9.26 Å². The third kappa shape index (κ3) is 4.36. The summed E-state index contributed by atoms with van der Waals surface area (Å²) in [6.45, 7) is 7.44. The highest BCUT2D eigenvalue weighted by Gasteiger charge is 2.24. The van der Waals surface area contributed by atoms with Gasteiger partial charge in [0.05, 0.1) is 13.7 Å². The van der Waals surface area contributed by atoms with E-state index in [2.05, 4.69) is 15.0 Å². The van der Waals surface area contributed by atoms with Gasteiger partial charge in [0.1, 0.15) is 5.75 Å². The van der Waals surface area contributed by atoms with Crippen molar-refractivity contribution in [3.63, 3.8) is 0 Å². The third-order valence-electron chi connectivity index (χ3n) is 5.45. The van der Waals surface area contributed by atoms with Gasteiger partial charge in [0, 0.05) is 37.3 Å². The highest BCUT2D eigenvalue weighted by molar-refractivity contribution is 5.94. The highest BCUT2D eigenvalue weighted by Crippen LogP contribution is 2.21. The summed E-state index contributed by atoms with van der Waals surface area (Å²) in [5.74, 6) is 1.97. The van der Waals surface area contributed by atoms with Gasteiger partial charge in [-0.15, -0.1) is 0 Å². The van der Waals surface area contributed by atoms with Crippen molar-refractivity contribution in [2.45, 2.75) is 20.4 Å². The predicted molar refractivity (Wildman–Crippen MR) is 113 cm³/mol. The molecule has 1 amide bonds. The van der Waals surface area contributed by atoms with Gasteiger partial charge >= 0.3 is 0 Å². The Balaban J connectivity index is 1.34. The molecule has 1 saturated heterocycles. The number of carbonyl (C=O) groups excluding carboxylic acids is 1. The zero-order valence-corrected chi connectivity index (χ0v) is 17.6. The highest BCUT2D eigenvalue weighted by atomic mass is 16.5. The first-order valence-corrected chi connectivity index (χ1v) is 10.1. The van der Waals surface area contributed by atoms with Crippen LogP contribution in [0.5, 0.6) is 5.75 Å². The standard InChI is InChI=1S/C23H26N4O3/c1-16-4-7-18(8-5-16)22-24-21(30-25-22)15-26-10-12-27(13-11-26)23(28)19-9-6-17(2)20(14-19)29-3/h4-9,14H,10-13,15H2,1-3H3. The van der Waals surface area contributed by atoms with E-state index >= 15 is 0 Å². The lowest BCUT2D eigenvalue weighted by molar-refractivity contribution is 0.0614. The average molecular weight is 406 g/mol. The molecule has 0 saturated carbocycles. The van der Waals surface area contributed by atoms with Gasteiger partial charge in [-0.3, -0.25) is 9.69 Å². The molecule has 2 heterocycles. The Morgan fingerprint density at radius 1 is 1.07 bits per heavy atom. The number of aromatic nitrogens is 2. The molecule has 1 aliphatic heterocycles. The van der Waals surface area contributed by atoms with Crippen LogP contribution >= 0.6 is 0 Å². The Hall–Kier alpha value is -3.19. The molecule has 0 radical (unpaired) electrons. The number of ether oxygens (including phenoxy) is 1. The molecular weight excluding hydrogens is 380 g/mol. The van der Waals surface area contributed by atoms with Crippen molar-refractivity contribution < 1.29 is 14.1 Å². The van der Waals surface area contributed by atoms with E-state index in [-0.39, 0.29) is 5.91 Å². The van der Waals surface area contributed by atoms with Gasteiger partial charge in [-0.05, 0) is 31.5 Å². The smallest absolute Gasteiger partial charge is 0.254 e. The van der Waals surface area contributed by atoms with Gasteiger partial charge in [-0.1, -0.05) is 41.1 Å². The lowest BCUT2D eigenvalue weighted by Crippen LogP contribution is -2.48. The van der Waals surface area contributed by atoms with Crippen LogP contribution in [0, 0.1) is 13.8 Å². The third-order valence-corrected chi connectivity index (χ3v) is 5.45. The van der Waals surface area contributed by atoms with E-state index < -0.39 is 0 Å². The van der Waals surface area contributed by atoms with Crippen LogP contribution in [-0.4, -0.2) is 59.1 Å². The largest absolute Gasteiger partial charge is 0.496 e. The lowest BCUT2D eigenvalue weighted by Gasteiger charge is -2.34. The van der Waals surface area contributed by atoms with E-state index in [1.807, 2.05) is 61.2 Å². The summed E-state index contributed by atoms with van der Waals surface area (Å²) in [4.78, 5) is 21.5. The van der Waals surface area contributed by atoms with Gasteiger partial charge in [0.15, 0.2) is 0 Å². The molecule has 7 nitrogen and oxygen atoms in total. The predicted octanol–water partition coefficient (Wildman–Crippen LogP) is 3.32. The molecule has 30 heavy (non-hydrogen) atoms. The molecule has 0 bridgehead atoms. The SMILES string of the molecule is COc1cc(C(=O)N2CCN(Cc3nc(-c4ccc(C)cc4)no3)CC2)ccc1C. The van der Waals surface area contributed by atoms with Gasteiger partial charge < -0.3 is 14.2 Å². The molecule has 0 spiro atoms. The number of nitrogens with zero attached hydrogens (tertiary/aromatic N) is 4. The lowest BCUT2D eigenvalue weighted by atomic mass is 10.1. The van der Waals surface area contributed by atoms with Crippen LogP contribution in [0.1, 0.15) is 27.4 Å². The number of amides is 1. The van der Waals surface area contributed by atoms with Crippen LogP contribution in [0.3, 0.4) is 0 Å². The molecule has 7 heteroatoms. The number of hydrogen-bond acceptors (Lipinski definition) is 6. The zero-order valence-electron chi connectivity index (χ0n) is 17.6. The van der Waals surface area contributed by atoms with E-state index in [9.17, 15) is 4.79 Å². The molecular formula is C23H26N4O3. The number of aryl methyl sites for hydroxylation is 2. The van der Waals surface area contributed by atoms with Gasteiger partial charge in [-0.25, -0.2) is 0 Å². The maximum Gasteiger partial charge on any atom is 0.254 e. The van der Waals surface area contributed by atoms with Crippen LogP contribution in [0.4, 0.5) is 0 Å². The molecule has 0 unspecified atom stereocenters. The fourth-order valence-electron chi connectivity index (χ4n) is 3.57. The number of carbonyl (C=O) groups is 1. The second kappa shape index (κ2) is 8.67. The van der Waals surface area contributed by atoms with E-state index in [1.54, 1.807) is 7.11 Å². The molecule has 1 aromatic heterocycles. The quantitative estimate of drug-likeness (QED) is 0.647. The van der Waals surface area contributed by atoms with Gasteiger partial charge in [0.25, 0.3) is 5.91 Å². The number of hydrogen-bond donors (Lipinski definition) is 0. The van der Waals surface area contributed by atoms with E-state index in [0.717, 1.165) is 30.0 Å². The molecule has 3 aromatic rings. The second-order valence-electron chi connectivity index (χ2n) is 7.63. The van der Waals surface area contributed by atoms with Crippen LogP contribution < -0.4 is 4.74 Å². The maximum absolute atomic E-state index is 12.8. The minimum Gasteiger partial charge on any atom is -0.496 e. The first-order valence-electron chi connectivity index (χ1n) is 10.1. The minimum absolute atomic E-state index is 0.0346. The summed E-state index contributed by atoms with van der Waals surface area (Å²) in [5, 5.41) is 4.10. The monoisotopic (exact) mass is 406 g/mol. The number of methoxy groups -OCH3 is 1. The Morgan fingerprint density at radius 2 is 1.80 bits per heavy atom. The van der Waals surface area contributed by atoms with Crippen LogP contribution in [0.25, 0.3) is 11.4 Å². The molecule has 1 aliphatic rings.